The first-order chi connectivity index (χ1) is 12.4. The molecule has 0 aliphatic heterocycles. The van der Waals surface area contributed by atoms with E-state index in [-0.39, 0.29) is 18.6 Å². The summed E-state index contributed by atoms with van der Waals surface area (Å²) in [6, 6.07) is 7.12. The Morgan fingerprint density at radius 3 is 2.92 bits per heavy atom. The first-order valence-electron chi connectivity index (χ1n) is 8.32. The molecule has 0 unspecified atom stereocenters. The van der Waals surface area contributed by atoms with E-state index in [1.54, 1.807) is 38.3 Å². The van der Waals surface area contributed by atoms with E-state index in [1.165, 1.54) is 6.08 Å². The van der Waals surface area contributed by atoms with Gasteiger partial charge in [0.2, 0.25) is 0 Å². The van der Waals surface area contributed by atoms with E-state index in [4.69, 9.17) is 9.47 Å². The smallest absolute Gasteiger partial charge is 0.313 e. The van der Waals surface area contributed by atoms with Crippen molar-refractivity contribution in [1.82, 2.24) is 10.2 Å². The maximum atomic E-state index is 12.8. The van der Waals surface area contributed by atoms with Gasteiger partial charge in [-0.3, -0.25) is 14.7 Å². The van der Waals surface area contributed by atoms with Crippen molar-refractivity contribution in [1.29, 1.82) is 0 Å². The lowest BCUT2D eigenvalue weighted by Crippen LogP contribution is -2.50. The number of nitrogens with one attached hydrogen (secondary N) is 2. The van der Waals surface area contributed by atoms with Crippen LogP contribution >= 0.6 is 0 Å². The molecule has 1 heterocycles. The van der Waals surface area contributed by atoms with E-state index >= 15 is 0 Å². The highest BCUT2D eigenvalue weighted by molar-refractivity contribution is 5.77. The summed E-state index contributed by atoms with van der Waals surface area (Å²) < 4.78 is 10.5. The van der Waals surface area contributed by atoms with Crippen LogP contribution in [0, 0.1) is 5.92 Å². The molecule has 1 aliphatic rings. The van der Waals surface area contributed by atoms with E-state index in [9.17, 15) is 14.7 Å². The van der Waals surface area contributed by atoms with Gasteiger partial charge in [0.25, 0.3) is 5.56 Å². The molecule has 3 N–H and O–H groups in total. The molecule has 7 heteroatoms. The van der Waals surface area contributed by atoms with Gasteiger partial charge >= 0.3 is 5.97 Å². The lowest BCUT2D eigenvalue weighted by Gasteiger charge is -2.40. The molecule has 2 aromatic rings. The van der Waals surface area contributed by atoms with Crippen LogP contribution in [0.1, 0.15) is 29.7 Å². The third-order valence-electron chi connectivity index (χ3n) is 4.80. The van der Waals surface area contributed by atoms with Crippen LogP contribution in [0.3, 0.4) is 0 Å². The summed E-state index contributed by atoms with van der Waals surface area (Å²) in [6.45, 7) is 5.15. The summed E-state index contributed by atoms with van der Waals surface area (Å²) in [5.74, 6) is -1.59. The van der Waals surface area contributed by atoms with Crippen molar-refractivity contribution in [3.8, 4) is 5.75 Å². The minimum absolute atomic E-state index is 0.0343. The van der Waals surface area contributed by atoms with E-state index in [1.807, 2.05) is 0 Å². The molecule has 0 amide bonds. The van der Waals surface area contributed by atoms with Crippen LogP contribution in [0.5, 0.6) is 5.75 Å². The first-order valence-corrected chi connectivity index (χ1v) is 8.32. The van der Waals surface area contributed by atoms with Crippen molar-refractivity contribution < 1.29 is 19.4 Å². The Balaban J connectivity index is 2.18. The number of ether oxygens (including phenoxy) is 2. The summed E-state index contributed by atoms with van der Waals surface area (Å²) in [4.78, 5) is 25.2. The zero-order chi connectivity index (χ0) is 18.9. The number of aromatic amines is 2. The predicted octanol–water partition coefficient (Wildman–Crippen LogP) is 1.50. The topological polar surface area (TPSA) is 104 Å². The van der Waals surface area contributed by atoms with E-state index in [0.717, 1.165) is 0 Å². The molecule has 0 spiro atoms. The lowest BCUT2D eigenvalue weighted by atomic mass is 9.66. The maximum absolute atomic E-state index is 12.8. The normalized spacial score (nSPS) is 24.6. The van der Waals surface area contributed by atoms with E-state index in [2.05, 4.69) is 16.8 Å². The molecule has 138 valence electrons. The number of carbonyl (C=O) groups excluding carboxylic acids is 1. The van der Waals surface area contributed by atoms with Gasteiger partial charge in [0.15, 0.2) is 0 Å². The third kappa shape index (κ3) is 3.06. The van der Waals surface area contributed by atoms with Gasteiger partial charge in [0.05, 0.1) is 18.6 Å². The number of hydrogen-bond donors (Lipinski definition) is 3. The zero-order valence-electron chi connectivity index (χ0n) is 14.7. The highest BCUT2D eigenvalue weighted by Gasteiger charge is 2.51. The molecule has 7 nitrogen and oxygen atoms in total. The molecule has 0 bridgehead atoms. The average molecular weight is 358 g/mol. The largest absolute Gasteiger partial charge is 0.497 e. The van der Waals surface area contributed by atoms with Crippen LogP contribution in [0.2, 0.25) is 0 Å². The first kappa shape index (κ1) is 18.0. The van der Waals surface area contributed by atoms with Crippen molar-refractivity contribution in [2.75, 3.05) is 13.7 Å². The summed E-state index contributed by atoms with van der Waals surface area (Å²) >= 11 is 0. The van der Waals surface area contributed by atoms with E-state index in [0.29, 0.717) is 22.6 Å². The second-order valence-corrected chi connectivity index (χ2v) is 6.66. The SMILES string of the molecule is C=CCOC(=O)[C@@H]1[C@H](c2cccc(OC)c2)c2c([nH][nH]c2=O)C[C@]1(C)O. The number of esters is 1. The Labute approximate surface area is 150 Å². The average Bonchev–Trinajstić information content (AvgIpc) is 2.97. The molecular weight excluding hydrogens is 336 g/mol. The highest BCUT2D eigenvalue weighted by atomic mass is 16.5. The molecule has 1 aromatic heterocycles. The summed E-state index contributed by atoms with van der Waals surface area (Å²) in [7, 11) is 1.54. The number of methoxy groups -OCH3 is 1. The molecule has 0 saturated carbocycles. The maximum Gasteiger partial charge on any atom is 0.313 e. The van der Waals surface area contributed by atoms with Crippen LogP contribution in [-0.2, 0) is 16.0 Å². The van der Waals surface area contributed by atoms with Crippen molar-refractivity contribution in [3.63, 3.8) is 0 Å². The van der Waals surface area contributed by atoms with Crippen LogP contribution in [-0.4, -0.2) is 40.6 Å². The number of rotatable bonds is 5. The molecule has 1 aromatic carbocycles. The molecule has 0 saturated heterocycles. The van der Waals surface area contributed by atoms with Crippen molar-refractivity contribution >= 4 is 5.97 Å². The minimum Gasteiger partial charge on any atom is -0.497 e. The fourth-order valence-corrected chi connectivity index (χ4v) is 3.68. The summed E-state index contributed by atoms with van der Waals surface area (Å²) in [5.41, 5.74) is -0.00332. The van der Waals surface area contributed by atoms with Crippen molar-refractivity contribution in [3.05, 3.63) is 64.1 Å². The minimum atomic E-state index is -1.40. The van der Waals surface area contributed by atoms with Gasteiger partial charge in [-0.15, -0.1) is 0 Å². The zero-order valence-corrected chi connectivity index (χ0v) is 14.7. The molecular formula is C19H22N2O5. The number of aromatic nitrogens is 2. The second-order valence-electron chi connectivity index (χ2n) is 6.66. The third-order valence-corrected chi connectivity index (χ3v) is 4.80. The van der Waals surface area contributed by atoms with Crippen LogP contribution in [0.15, 0.2) is 41.7 Å². The van der Waals surface area contributed by atoms with Gasteiger partial charge < -0.3 is 19.7 Å². The summed E-state index contributed by atoms with van der Waals surface area (Å²) in [5, 5.41) is 16.4. The fourth-order valence-electron chi connectivity index (χ4n) is 3.68. The monoisotopic (exact) mass is 358 g/mol. The molecule has 0 fully saturated rings. The quantitative estimate of drug-likeness (QED) is 0.555. The van der Waals surface area contributed by atoms with E-state index < -0.39 is 23.4 Å². The lowest BCUT2D eigenvalue weighted by molar-refractivity contribution is -0.158. The molecule has 1 aliphatic carbocycles. The van der Waals surface area contributed by atoms with Crippen LogP contribution in [0.4, 0.5) is 0 Å². The molecule has 3 rings (SSSR count). The standard InChI is InChI=1S/C19H22N2O5/c1-4-8-26-18(23)16-14(11-6-5-7-12(9-11)25-3)15-13(10-19(16,2)24)20-21-17(15)22/h4-7,9,14,16,24H,1,8,10H2,2-3H3,(H2,20,21,22)/t14-,16+,19+/m1/s1. The second kappa shape index (κ2) is 6.84. The van der Waals surface area contributed by atoms with Gasteiger partial charge in [0.1, 0.15) is 12.4 Å². The number of fused-ring (bicyclic) bond motifs is 1. The number of carbonyl (C=O) groups is 1. The highest BCUT2D eigenvalue weighted by Crippen LogP contribution is 2.45. The van der Waals surface area contributed by atoms with Gasteiger partial charge in [-0.25, -0.2) is 0 Å². The predicted molar refractivity (Wildman–Crippen MR) is 95.2 cm³/mol. The fraction of sp³-hybridized carbons (Fsp3) is 0.368. The number of hydrogen-bond acceptors (Lipinski definition) is 5. The van der Waals surface area contributed by atoms with Crippen LogP contribution in [0.25, 0.3) is 0 Å². The van der Waals surface area contributed by atoms with Gasteiger partial charge in [-0.2, -0.15) is 0 Å². The Morgan fingerprint density at radius 2 is 2.23 bits per heavy atom. The van der Waals surface area contributed by atoms with Gasteiger partial charge in [-0.1, -0.05) is 24.8 Å². The molecule has 0 radical (unpaired) electrons. The Kier molecular flexibility index (Phi) is 4.73. The van der Waals surface area contributed by atoms with Crippen molar-refractivity contribution in [2.24, 2.45) is 5.92 Å². The van der Waals surface area contributed by atoms with Gasteiger partial charge in [0, 0.05) is 23.6 Å². The molecule has 3 atom stereocenters. The van der Waals surface area contributed by atoms with Crippen molar-refractivity contribution in [2.45, 2.75) is 24.9 Å². The summed E-state index contributed by atoms with van der Waals surface area (Å²) in [6.07, 6.45) is 1.60. The van der Waals surface area contributed by atoms with Crippen LogP contribution < -0.4 is 10.3 Å². The Morgan fingerprint density at radius 1 is 1.46 bits per heavy atom. The number of H-pyrrole nitrogens is 2. The molecule has 26 heavy (non-hydrogen) atoms. The Hall–Kier alpha value is -2.80. The number of aliphatic hydroxyl groups is 1. The van der Waals surface area contributed by atoms with Gasteiger partial charge in [-0.05, 0) is 24.6 Å². The Bertz CT molecular complexity index is 880. The number of benzene rings is 1.